The van der Waals surface area contributed by atoms with Crippen LogP contribution in [0.5, 0.6) is 11.5 Å². The summed E-state index contributed by atoms with van der Waals surface area (Å²) < 4.78 is 50.8. The Morgan fingerprint density at radius 3 is 1.38 bits per heavy atom. The van der Waals surface area contributed by atoms with E-state index in [-0.39, 0.29) is 43.7 Å². The number of esters is 4. The number of nitrogens with zero attached hydrogens (tertiary/aromatic N) is 2. The van der Waals surface area contributed by atoms with E-state index >= 15 is 0 Å². The van der Waals surface area contributed by atoms with Gasteiger partial charge in [0.15, 0.2) is 30.2 Å². The van der Waals surface area contributed by atoms with Gasteiger partial charge in [-0.1, -0.05) is 24.3 Å². The van der Waals surface area contributed by atoms with Gasteiger partial charge in [0.1, 0.15) is 30.8 Å². The van der Waals surface area contributed by atoms with E-state index in [9.17, 15) is 28.8 Å². The van der Waals surface area contributed by atoms with E-state index in [0.29, 0.717) is 50.6 Å². The first-order chi connectivity index (χ1) is 38.2. The molecular formula is C62H64N2O14S2. The van der Waals surface area contributed by atoms with Crippen LogP contribution < -0.4 is 30.1 Å². The average Bonchev–Trinajstić information content (AvgIpc) is 3.47. The lowest BCUT2D eigenvalue weighted by atomic mass is 10.00. The molecule has 80 heavy (non-hydrogen) atoms. The molecule has 0 saturated heterocycles. The third-order valence-electron chi connectivity index (χ3n) is 13.0. The number of benzene rings is 6. The van der Waals surface area contributed by atoms with Gasteiger partial charge in [0.05, 0.1) is 35.5 Å². The van der Waals surface area contributed by atoms with E-state index in [1.807, 2.05) is 102 Å². The molecule has 8 aromatic rings. The highest BCUT2D eigenvalue weighted by molar-refractivity contribution is 7.25. The minimum absolute atomic E-state index is 0.106. The summed E-state index contributed by atoms with van der Waals surface area (Å²) in [6.45, 7) is 5.69. The Hall–Kier alpha value is -7.90. The zero-order valence-corrected chi connectivity index (χ0v) is 47.6. The monoisotopic (exact) mass is 1120 g/mol. The highest BCUT2D eigenvalue weighted by atomic mass is 32.1. The Morgan fingerprint density at radius 1 is 0.487 bits per heavy atom. The van der Waals surface area contributed by atoms with Gasteiger partial charge in [0, 0.05) is 86.3 Å². The fraction of sp³-hybridized carbons (Fsp3) is 0.323. The Morgan fingerprint density at radius 2 is 0.912 bits per heavy atom. The average molecular weight is 1130 g/mol. The zero-order valence-electron chi connectivity index (χ0n) is 45.9. The van der Waals surface area contributed by atoms with E-state index in [0.717, 1.165) is 30.2 Å². The van der Waals surface area contributed by atoms with E-state index < -0.39 is 60.5 Å². The van der Waals surface area contributed by atoms with Crippen LogP contribution in [0.4, 0.5) is 11.4 Å². The molecule has 16 nitrogen and oxygen atoms in total. The molecule has 418 valence electrons. The van der Waals surface area contributed by atoms with Crippen molar-refractivity contribution < 1.29 is 57.1 Å². The van der Waals surface area contributed by atoms with Crippen LogP contribution in [-0.4, -0.2) is 115 Å². The molecule has 2 unspecified atom stereocenters. The minimum atomic E-state index is -1.05. The standard InChI is InChI=1S/C62H64N2O14S2/c1-61(2,76-36-46(35-74-60(70)40-19-23-42(24-20-40)64(7)8)78-56(66)38-72-44-26-28-54-50(32-44)58(68)48-14-10-12-16-52(48)80-54)29-30-75-62(3,4)33-45(34-73-59(69)39-17-21-41(22-18-39)63(5)6)77-55(65)37-71-43-25-27-53-49(31-43)57(67)47-13-9-11-15-51(47)79-53/h9-28,31-32,45-46H,29-30,33-38H2,1-8H3. The van der Waals surface area contributed by atoms with Gasteiger partial charge in [-0.3, -0.25) is 9.59 Å². The van der Waals surface area contributed by atoms with Gasteiger partial charge >= 0.3 is 23.9 Å². The largest absolute Gasteiger partial charge is 0.482 e. The van der Waals surface area contributed by atoms with Gasteiger partial charge in [-0.15, -0.1) is 22.7 Å². The topological polar surface area (TPSA) is 183 Å². The summed E-state index contributed by atoms with van der Waals surface area (Å²) in [4.78, 5) is 83.8. The normalized spacial score (nSPS) is 12.4. The second-order valence-electron chi connectivity index (χ2n) is 20.7. The van der Waals surface area contributed by atoms with Crippen molar-refractivity contribution in [2.75, 3.05) is 77.6 Å². The Balaban J connectivity index is 0.886. The fourth-order valence-electron chi connectivity index (χ4n) is 8.59. The highest BCUT2D eigenvalue weighted by Gasteiger charge is 2.31. The molecule has 0 spiro atoms. The predicted octanol–water partition coefficient (Wildman–Crippen LogP) is 10.6. The summed E-state index contributed by atoms with van der Waals surface area (Å²) in [6.07, 6.45) is -1.58. The summed E-state index contributed by atoms with van der Waals surface area (Å²) >= 11 is 2.97. The molecule has 0 aliphatic carbocycles. The zero-order chi connectivity index (χ0) is 57.1. The lowest BCUT2D eigenvalue weighted by Crippen LogP contribution is -2.39. The number of hydrogen-bond acceptors (Lipinski definition) is 18. The number of anilines is 2. The summed E-state index contributed by atoms with van der Waals surface area (Å²) in [5.41, 5.74) is 0.316. The van der Waals surface area contributed by atoms with Crippen molar-refractivity contribution in [3.8, 4) is 11.5 Å². The first kappa shape index (κ1) is 58.3. The van der Waals surface area contributed by atoms with Crippen LogP contribution in [0.1, 0.15) is 61.3 Å². The maximum Gasteiger partial charge on any atom is 0.344 e. The van der Waals surface area contributed by atoms with Gasteiger partial charge < -0.3 is 47.7 Å². The summed E-state index contributed by atoms with van der Waals surface area (Å²) in [7, 11) is 7.56. The van der Waals surface area contributed by atoms with Crippen molar-refractivity contribution in [2.45, 2.75) is 63.9 Å². The quantitative estimate of drug-likeness (QED) is 0.0299. The number of rotatable bonds is 25. The highest BCUT2D eigenvalue weighted by Crippen LogP contribution is 2.30. The molecule has 0 bridgehead atoms. The fourth-order valence-corrected chi connectivity index (χ4v) is 10.7. The minimum Gasteiger partial charge on any atom is -0.482 e. The van der Waals surface area contributed by atoms with Gasteiger partial charge in [-0.25, -0.2) is 19.2 Å². The number of fused-ring (bicyclic) bond motifs is 4. The van der Waals surface area contributed by atoms with Crippen molar-refractivity contribution in [3.05, 3.63) is 165 Å². The van der Waals surface area contributed by atoms with Crippen LogP contribution >= 0.6 is 22.7 Å². The molecule has 0 N–H and O–H groups in total. The number of carbonyl (C=O) groups is 4. The van der Waals surface area contributed by atoms with Gasteiger partial charge in [-0.2, -0.15) is 0 Å². The van der Waals surface area contributed by atoms with E-state index in [4.69, 9.17) is 37.9 Å². The van der Waals surface area contributed by atoms with Crippen LogP contribution in [-0.2, 0) is 38.0 Å². The van der Waals surface area contributed by atoms with E-state index in [1.165, 1.54) is 22.7 Å². The second kappa shape index (κ2) is 25.9. The summed E-state index contributed by atoms with van der Waals surface area (Å²) in [5, 5.41) is 2.12. The molecule has 0 radical (unpaired) electrons. The predicted molar refractivity (Wildman–Crippen MR) is 313 cm³/mol. The van der Waals surface area contributed by atoms with Crippen LogP contribution in [0.2, 0.25) is 0 Å². The lowest BCUT2D eigenvalue weighted by molar-refractivity contribution is -0.164. The Kier molecular flexibility index (Phi) is 18.9. The van der Waals surface area contributed by atoms with Crippen molar-refractivity contribution in [3.63, 3.8) is 0 Å². The smallest absolute Gasteiger partial charge is 0.344 e. The van der Waals surface area contributed by atoms with Gasteiger partial charge in [0.25, 0.3) is 0 Å². The third kappa shape index (κ3) is 15.5. The van der Waals surface area contributed by atoms with Crippen LogP contribution in [0.3, 0.4) is 0 Å². The summed E-state index contributed by atoms with van der Waals surface area (Å²) in [5.74, 6) is -2.10. The number of hydrogen-bond donors (Lipinski definition) is 0. The number of ether oxygens (including phenoxy) is 8. The maximum absolute atomic E-state index is 13.5. The molecule has 6 aromatic carbocycles. The van der Waals surface area contributed by atoms with Crippen LogP contribution in [0.25, 0.3) is 40.3 Å². The summed E-state index contributed by atoms with van der Waals surface area (Å²) in [6, 6.07) is 38.7. The van der Waals surface area contributed by atoms with E-state index in [2.05, 4.69) is 0 Å². The van der Waals surface area contributed by atoms with Crippen molar-refractivity contribution in [1.82, 2.24) is 0 Å². The van der Waals surface area contributed by atoms with Crippen LogP contribution in [0.15, 0.2) is 143 Å². The first-order valence-corrected chi connectivity index (χ1v) is 27.6. The molecule has 2 aromatic heterocycles. The van der Waals surface area contributed by atoms with E-state index in [1.54, 1.807) is 97.1 Å². The second-order valence-corrected chi connectivity index (χ2v) is 22.9. The Bertz CT molecular complexity index is 3630. The lowest BCUT2D eigenvalue weighted by Gasteiger charge is -2.32. The molecule has 0 aliphatic rings. The maximum atomic E-state index is 13.5. The molecule has 0 aliphatic heterocycles. The molecule has 18 heteroatoms. The molecular weight excluding hydrogens is 1060 g/mol. The van der Waals surface area contributed by atoms with Crippen molar-refractivity contribution >= 4 is 98.3 Å². The SMILES string of the molecule is CN(C)c1ccc(C(=O)OCC(COC(C)(C)CCOC(C)(C)CC(COC(=O)c2ccc(N(C)C)cc2)OC(=O)COc2ccc3sc4ccccc4c(=O)c3c2)OC(=O)COc2ccc3sc4ccccc4c(=O)c3c2)cc1. The van der Waals surface area contributed by atoms with Crippen molar-refractivity contribution in [2.24, 2.45) is 0 Å². The molecule has 0 amide bonds. The van der Waals surface area contributed by atoms with Crippen molar-refractivity contribution in [1.29, 1.82) is 0 Å². The van der Waals surface area contributed by atoms with Gasteiger partial charge in [-0.05, 0) is 143 Å². The first-order valence-electron chi connectivity index (χ1n) is 25.9. The molecule has 8 rings (SSSR count). The molecule has 2 atom stereocenters. The molecule has 0 saturated carbocycles. The Labute approximate surface area is 471 Å². The van der Waals surface area contributed by atoms with Gasteiger partial charge in [0.2, 0.25) is 0 Å². The molecule has 2 heterocycles. The third-order valence-corrected chi connectivity index (χ3v) is 15.3. The molecule has 0 fully saturated rings. The number of carbonyl (C=O) groups excluding carboxylic acids is 4. The van der Waals surface area contributed by atoms with Crippen LogP contribution in [0, 0.1) is 0 Å².